The number of aldehydes is 1. The number of aromatic nitrogens is 1. The fourth-order valence-electron chi connectivity index (χ4n) is 1.29. The molecular formula is C11H7ClFNOS. The maximum Gasteiger partial charge on any atom is 0.132 e. The first-order chi connectivity index (χ1) is 7.70. The van der Waals surface area contributed by atoms with E-state index in [1.807, 2.05) is 0 Å². The number of benzene rings is 1. The highest BCUT2D eigenvalue weighted by Crippen LogP contribution is 2.27. The van der Waals surface area contributed by atoms with Crippen molar-refractivity contribution in [2.45, 2.75) is 6.42 Å². The monoisotopic (exact) mass is 255 g/mol. The van der Waals surface area contributed by atoms with E-state index >= 15 is 0 Å². The summed E-state index contributed by atoms with van der Waals surface area (Å²) in [6.45, 7) is 0. The Bertz CT molecular complexity index is 526. The van der Waals surface area contributed by atoms with Gasteiger partial charge in [-0.05, 0) is 18.2 Å². The van der Waals surface area contributed by atoms with Crippen molar-refractivity contribution < 1.29 is 9.18 Å². The Morgan fingerprint density at radius 2 is 2.31 bits per heavy atom. The normalized spacial score (nSPS) is 10.4. The molecule has 16 heavy (non-hydrogen) atoms. The molecule has 82 valence electrons. The van der Waals surface area contributed by atoms with Gasteiger partial charge in [0, 0.05) is 16.0 Å². The molecule has 0 aliphatic carbocycles. The maximum absolute atomic E-state index is 13.5. The minimum Gasteiger partial charge on any atom is -0.303 e. The van der Waals surface area contributed by atoms with Crippen LogP contribution in [0.3, 0.4) is 0 Å². The molecule has 0 atom stereocenters. The average molecular weight is 256 g/mol. The van der Waals surface area contributed by atoms with E-state index in [2.05, 4.69) is 4.98 Å². The molecule has 2 nitrogen and oxygen atoms in total. The van der Waals surface area contributed by atoms with Gasteiger partial charge in [-0.2, -0.15) is 0 Å². The molecule has 0 fully saturated rings. The van der Waals surface area contributed by atoms with Crippen LogP contribution in [0.5, 0.6) is 0 Å². The van der Waals surface area contributed by atoms with Gasteiger partial charge in [0.2, 0.25) is 0 Å². The van der Waals surface area contributed by atoms with Crippen molar-refractivity contribution in [2.75, 3.05) is 0 Å². The first-order valence-electron chi connectivity index (χ1n) is 4.54. The molecule has 0 radical (unpaired) electrons. The lowest BCUT2D eigenvalue weighted by molar-refractivity contribution is -0.107. The lowest BCUT2D eigenvalue weighted by atomic mass is 10.1. The molecule has 2 aromatic rings. The minimum atomic E-state index is -0.368. The molecule has 1 aromatic carbocycles. The molecular weight excluding hydrogens is 249 g/mol. The molecule has 0 saturated carbocycles. The van der Waals surface area contributed by atoms with Gasteiger partial charge >= 0.3 is 0 Å². The number of rotatable bonds is 3. The molecule has 1 heterocycles. The molecule has 1 aromatic heterocycles. The second kappa shape index (κ2) is 4.72. The van der Waals surface area contributed by atoms with Crippen LogP contribution in [0.1, 0.15) is 5.01 Å². The highest BCUT2D eigenvalue weighted by Gasteiger charge is 2.09. The third-order valence-corrected chi connectivity index (χ3v) is 3.12. The summed E-state index contributed by atoms with van der Waals surface area (Å²) in [5.74, 6) is -0.368. The van der Waals surface area contributed by atoms with Gasteiger partial charge in [-0.25, -0.2) is 9.37 Å². The van der Waals surface area contributed by atoms with Crippen LogP contribution in [0.25, 0.3) is 11.3 Å². The minimum absolute atomic E-state index is 0.257. The van der Waals surface area contributed by atoms with Crippen LogP contribution in [-0.4, -0.2) is 11.3 Å². The lowest BCUT2D eigenvalue weighted by Gasteiger charge is -1.99. The quantitative estimate of drug-likeness (QED) is 0.788. The third kappa shape index (κ3) is 2.28. The van der Waals surface area contributed by atoms with E-state index in [0.717, 1.165) is 6.29 Å². The highest BCUT2D eigenvalue weighted by atomic mass is 35.5. The van der Waals surface area contributed by atoms with Gasteiger partial charge in [0.05, 0.1) is 12.1 Å². The fourth-order valence-corrected chi connectivity index (χ4v) is 2.21. The summed E-state index contributed by atoms with van der Waals surface area (Å²) in [5, 5.41) is 2.85. The van der Waals surface area contributed by atoms with E-state index in [4.69, 9.17) is 11.6 Å². The van der Waals surface area contributed by atoms with Gasteiger partial charge in [-0.15, -0.1) is 11.3 Å². The SMILES string of the molecule is O=CCc1nc(-c2cc(Cl)ccc2F)cs1. The van der Waals surface area contributed by atoms with Gasteiger partial charge in [-0.3, -0.25) is 0 Å². The van der Waals surface area contributed by atoms with E-state index in [0.29, 0.717) is 21.3 Å². The summed E-state index contributed by atoms with van der Waals surface area (Å²) in [6.07, 6.45) is 1.03. The first kappa shape index (κ1) is 11.2. The number of carbonyl (C=O) groups excluding carboxylic acids is 1. The second-order valence-corrected chi connectivity index (χ2v) is 4.50. The summed E-state index contributed by atoms with van der Waals surface area (Å²) in [5.41, 5.74) is 0.878. The number of halogens is 2. The maximum atomic E-state index is 13.5. The van der Waals surface area contributed by atoms with E-state index in [1.165, 1.54) is 29.5 Å². The Hall–Kier alpha value is -1.26. The van der Waals surface area contributed by atoms with Gasteiger partial charge in [-0.1, -0.05) is 11.6 Å². The predicted octanol–water partition coefficient (Wildman–Crippen LogP) is 3.34. The van der Waals surface area contributed by atoms with Crippen LogP contribution in [0.15, 0.2) is 23.6 Å². The molecule has 0 unspecified atom stereocenters. The smallest absolute Gasteiger partial charge is 0.132 e. The third-order valence-electron chi connectivity index (χ3n) is 2.01. The Morgan fingerprint density at radius 3 is 3.06 bits per heavy atom. The second-order valence-electron chi connectivity index (χ2n) is 3.12. The average Bonchev–Trinajstić information content (AvgIpc) is 2.71. The van der Waals surface area contributed by atoms with Crippen LogP contribution in [0.2, 0.25) is 5.02 Å². The number of thiazole rings is 1. The number of hydrogen-bond acceptors (Lipinski definition) is 3. The Labute approximate surface area is 101 Å². The zero-order valence-corrected chi connectivity index (χ0v) is 9.69. The zero-order chi connectivity index (χ0) is 11.5. The molecule has 0 N–H and O–H groups in total. The van der Waals surface area contributed by atoms with Crippen molar-refractivity contribution in [3.63, 3.8) is 0 Å². The lowest BCUT2D eigenvalue weighted by Crippen LogP contribution is -1.87. The van der Waals surface area contributed by atoms with Crippen molar-refractivity contribution in [1.82, 2.24) is 4.98 Å². The summed E-state index contributed by atoms with van der Waals surface area (Å²) in [4.78, 5) is 14.5. The topological polar surface area (TPSA) is 30.0 Å². The van der Waals surface area contributed by atoms with Gasteiger partial charge in [0.1, 0.15) is 17.1 Å². The van der Waals surface area contributed by atoms with Crippen LogP contribution in [-0.2, 0) is 11.2 Å². The Kier molecular flexibility index (Phi) is 3.31. The molecule has 0 spiro atoms. The number of carbonyl (C=O) groups is 1. The van der Waals surface area contributed by atoms with Gasteiger partial charge in [0.25, 0.3) is 0 Å². The van der Waals surface area contributed by atoms with E-state index in [1.54, 1.807) is 5.38 Å². The van der Waals surface area contributed by atoms with Crippen molar-refractivity contribution >= 4 is 29.2 Å². The molecule has 0 aliphatic heterocycles. The number of hydrogen-bond donors (Lipinski definition) is 0. The summed E-state index contributed by atoms with van der Waals surface area (Å²) < 4.78 is 13.5. The number of nitrogens with zero attached hydrogens (tertiary/aromatic N) is 1. The van der Waals surface area contributed by atoms with Crippen molar-refractivity contribution in [3.8, 4) is 11.3 Å². The summed E-state index contributed by atoms with van der Waals surface area (Å²) in [7, 11) is 0. The standard InChI is InChI=1S/C11H7ClFNOS/c12-7-1-2-9(13)8(5-7)10-6-16-11(14-10)3-4-15/h1-2,4-6H,3H2. The van der Waals surface area contributed by atoms with Gasteiger partial charge < -0.3 is 4.79 Å². The summed E-state index contributed by atoms with van der Waals surface area (Å²) in [6, 6.07) is 4.31. The van der Waals surface area contributed by atoms with Crippen molar-refractivity contribution in [3.05, 3.63) is 39.4 Å². The predicted molar refractivity (Wildman–Crippen MR) is 62.3 cm³/mol. The van der Waals surface area contributed by atoms with E-state index in [9.17, 15) is 9.18 Å². The van der Waals surface area contributed by atoms with Crippen LogP contribution < -0.4 is 0 Å². The van der Waals surface area contributed by atoms with Crippen LogP contribution in [0, 0.1) is 5.82 Å². The Balaban J connectivity index is 2.41. The molecule has 0 amide bonds. The Morgan fingerprint density at radius 1 is 1.50 bits per heavy atom. The van der Waals surface area contributed by atoms with Crippen molar-refractivity contribution in [1.29, 1.82) is 0 Å². The molecule has 5 heteroatoms. The molecule has 0 bridgehead atoms. The summed E-state index contributed by atoms with van der Waals surface area (Å²) >= 11 is 7.12. The first-order valence-corrected chi connectivity index (χ1v) is 5.80. The fraction of sp³-hybridized carbons (Fsp3) is 0.0909. The zero-order valence-electron chi connectivity index (χ0n) is 8.11. The van der Waals surface area contributed by atoms with E-state index < -0.39 is 0 Å². The van der Waals surface area contributed by atoms with E-state index in [-0.39, 0.29) is 12.2 Å². The highest BCUT2D eigenvalue weighted by molar-refractivity contribution is 7.10. The largest absolute Gasteiger partial charge is 0.303 e. The molecule has 2 rings (SSSR count). The molecule has 0 saturated heterocycles. The van der Waals surface area contributed by atoms with Gasteiger partial charge in [0.15, 0.2) is 0 Å². The van der Waals surface area contributed by atoms with Crippen molar-refractivity contribution in [2.24, 2.45) is 0 Å². The van der Waals surface area contributed by atoms with Crippen LogP contribution in [0.4, 0.5) is 4.39 Å². The molecule has 0 aliphatic rings. The van der Waals surface area contributed by atoms with Crippen LogP contribution >= 0.6 is 22.9 Å².